The van der Waals surface area contributed by atoms with Crippen LogP contribution in [0.4, 0.5) is 13.2 Å². The van der Waals surface area contributed by atoms with Crippen molar-refractivity contribution in [3.63, 3.8) is 0 Å². The Labute approximate surface area is 190 Å². The summed E-state index contributed by atoms with van der Waals surface area (Å²) >= 11 is 0. The van der Waals surface area contributed by atoms with Crippen LogP contribution in [0.1, 0.15) is 11.1 Å². The Kier molecular flexibility index (Phi) is 6.50. The van der Waals surface area contributed by atoms with Crippen molar-refractivity contribution in [1.29, 1.82) is 0 Å². The van der Waals surface area contributed by atoms with Crippen LogP contribution in [0, 0.1) is 17.5 Å². The molecule has 0 saturated carbocycles. The van der Waals surface area contributed by atoms with E-state index < -0.39 is 17.5 Å². The molecule has 0 unspecified atom stereocenters. The van der Waals surface area contributed by atoms with E-state index in [9.17, 15) is 13.2 Å². The van der Waals surface area contributed by atoms with Crippen molar-refractivity contribution in [3.05, 3.63) is 107 Å². The molecule has 0 fully saturated rings. The normalized spacial score (nSPS) is 11.1. The van der Waals surface area contributed by atoms with Crippen LogP contribution in [0.25, 0.3) is 34.4 Å². The Morgan fingerprint density at radius 1 is 0.576 bits per heavy atom. The Bertz CT molecular complexity index is 1290. The quantitative estimate of drug-likeness (QED) is 0.284. The minimum Gasteiger partial charge on any atom is -0.497 e. The SMILES string of the molecule is COc1ccc(-c2ccc(-c3ccc(/C=C/c4ccc(OC)c(F)c4)cc3)c(F)c2F)cc1. The molecule has 0 radical (unpaired) electrons. The molecule has 4 rings (SSSR count). The first-order valence-corrected chi connectivity index (χ1v) is 10.2. The molecule has 4 aromatic rings. The van der Waals surface area contributed by atoms with Crippen molar-refractivity contribution in [2.24, 2.45) is 0 Å². The van der Waals surface area contributed by atoms with Gasteiger partial charge in [-0.15, -0.1) is 0 Å². The van der Waals surface area contributed by atoms with Gasteiger partial charge >= 0.3 is 0 Å². The predicted octanol–water partition coefficient (Wildman–Crippen LogP) is 7.63. The zero-order valence-electron chi connectivity index (χ0n) is 18.1. The molecule has 0 aliphatic carbocycles. The maximum Gasteiger partial charge on any atom is 0.167 e. The third-order valence-electron chi connectivity index (χ3n) is 5.35. The molecular formula is C28H21F3O2. The summed E-state index contributed by atoms with van der Waals surface area (Å²) < 4.78 is 53.6. The maximum absolute atomic E-state index is 14.9. The van der Waals surface area contributed by atoms with E-state index in [1.807, 2.05) is 6.08 Å². The van der Waals surface area contributed by atoms with Crippen LogP contribution < -0.4 is 9.47 Å². The minimum atomic E-state index is -0.902. The zero-order valence-corrected chi connectivity index (χ0v) is 18.1. The lowest BCUT2D eigenvalue weighted by atomic mass is 9.98. The van der Waals surface area contributed by atoms with Crippen LogP contribution in [0.2, 0.25) is 0 Å². The van der Waals surface area contributed by atoms with E-state index in [1.54, 1.807) is 86.0 Å². The van der Waals surface area contributed by atoms with Gasteiger partial charge in [0.2, 0.25) is 0 Å². The number of hydrogen-bond acceptors (Lipinski definition) is 2. The fraction of sp³-hybridized carbons (Fsp3) is 0.0714. The van der Waals surface area contributed by atoms with Crippen LogP contribution in [-0.4, -0.2) is 14.2 Å². The highest BCUT2D eigenvalue weighted by Gasteiger charge is 2.16. The number of halogens is 3. The maximum atomic E-state index is 14.9. The van der Waals surface area contributed by atoms with E-state index in [-0.39, 0.29) is 16.9 Å². The fourth-order valence-corrected chi connectivity index (χ4v) is 3.52. The molecule has 0 amide bonds. The minimum absolute atomic E-state index is 0.178. The second kappa shape index (κ2) is 9.65. The molecule has 0 aromatic heterocycles. The predicted molar refractivity (Wildman–Crippen MR) is 126 cm³/mol. The number of methoxy groups -OCH3 is 2. The summed E-state index contributed by atoms with van der Waals surface area (Å²) in [6, 6.07) is 21.6. The molecule has 0 saturated heterocycles. The summed E-state index contributed by atoms with van der Waals surface area (Å²) in [4.78, 5) is 0. The molecular weight excluding hydrogens is 425 g/mol. The molecule has 5 heteroatoms. The van der Waals surface area contributed by atoms with E-state index in [0.29, 0.717) is 22.4 Å². The van der Waals surface area contributed by atoms with Gasteiger partial charge in [-0.05, 0) is 46.5 Å². The van der Waals surface area contributed by atoms with E-state index in [1.165, 1.54) is 13.2 Å². The van der Waals surface area contributed by atoms with E-state index in [2.05, 4.69) is 0 Å². The average Bonchev–Trinajstić information content (AvgIpc) is 2.85. The van der Waals surface area contributed by atoms with Gasteiger partial charge in [-0.25, -0.2) is 13.2 Å². The van der Waals surface area contributed by atoms with Crippen LogP contribution in [0.5, 0.6) is 11.5 Å². The number of benzene rings is 4. The van der Waals surface area contributed by atoms with E-state index in [4.69, 9.17) is 9.47 Å². The molecule has 0 bridgehead atoms. The standard InChI is InChI=1S/C28H21F3O2/c1-32-22-12-10-21(11-13-22)24-15-14-23(27(30)28(24)31)20-8-5-18(6-9-20)3-4-19-7-16-26(33-2)25(29)17-19/h3-17H,1-2H3/b4-3+. The number of hydrogen-bond donors (Lipinski definition) is 0. The summed E-state index contributed by atoms with van der Waals surface area (Å²) in [5.41, 5.74) is 3.00. The van der Waals surface area contributed by atoms with Gasteiger partial charge in [-0.3, -0.25) is 0 Å². The van der Waals surface area contributed by atoms with Crippen molar-refractivity contribution in [3.8, 4) is 33.8 Å². The third-order valence-corrected chi connectivity index (χ3v) is 5.35. The van der Waals surface area contributed by atoms with Gasteiger partial charge in [0.15, 0.2) is 23.2 Å². The van der Waals surface area contributed by atoms with Crippen LogP contribution >= 0.6 is 0 Å². The van der Waals surface area contributed by atoms with Gasteiger partial charge in [0.1, 0.15) is 5.75 Å². The zero-order chi connectivity index (χ0) is 23.4. The largest absolute Gasteiger partial charge is 0.497 e. The first-order chi connectivity index (χ1) is 16.0. The van der Waals surface area contributed by atoms with Gasteiger partial charge < -0.3 is 9.47 Å². The summed E-state index contributed by atoms with van der Waals surface area (Å²) in [7, 11) is 2.96. The molecule has 0 heterocycles. The van der Waals surface area contributed by atoms with Gasteiger partial charge in [-0.1, -0.05) is 66.7 Å². The molecule has 0 aliphatic heterocycles. The molecule has 0 N–H and O–H groups in total. The highest BCUT2D eigenvalue weighted by atomic mass is 19.2. The van der Waals surface area contributed by atoms with Crippen molar-refractivity contribution in [2.45, 2.75) is 0 Å². The average molecular weight is 446 g/mol. The highest BCUT2D eigenvalue weighted by molar-refractivity contribution is 5.75. The molecule has 2 nitrogen and oxygen atoms in total. The Morgan fingerprint density at radius 2 is 1.09 bits per heavy atom. The highest BCUT2D eigenvalue weighted by Crippen LogP contribution is 2.32. The summed E-state index contributed by atoms with van der Waals surface area (Å²) in [5.74, 6) is -1.42. The lowest BCUT2D eigenvalue weighted by Crippen LogP contribution is -1.94. The Balaban J connectivity index is 1.56. The molecule has 33 heavy (non-hydrogen) atoms. The van der Waals surface area contributed by atoms with E-state index in [0.717, 1.165) is 5.56 Å². The van der Waals surface area contributed by atoms with Crippen molar-refractivity contribution >= 4 is 12.2 Å². The molecule has 166 valence electrons. The Hall–Kier alpha value is -3.99. The molecule has 0 atom stereocenters. The first-order valence-electron chi connectivity index (χ1n) is 10.2. The van der Waals surface area contributed by atoms with Crippen molar-refractivity contribution in [1.82, 2.24) is 0 Å². The summed E-state index contributed by atoms with van der Waals surface area (Å²) in [6.07, 6.45) is 3.58. The molecule has 0 spiro atoms. The smallest absolute Gasteiger partial charge is 0.167 e. The van der Waals surface area contributed by atoms with Gasteiger partial charge in [0, 0.05) is 11.1 Å². The van der Waals surface area contributed by atoms with Gasteiger partial charge in [-0.2, -0.15) is 0 Å². The molecule has 4 aromatic carbocycles. The van der Waals surface area contributed by atoms with Gasteiger partial charge in [0.25, 0.3) is 0 Å². The number of rotatable bonds is 6. The lowest BCUT2D eigenvalue weighted by Gasteiger charge is -2.10. The van der Waals surface area contributed by atoms with Crippen molar-refractivity contribution < 1.29 is 22.6 Å². The van der Waals surface area contributed by atoms with E-state index >= 15 is 0 Å². The summed E-state index contributed by atoms with van der Waals surface area (Å²) in [6.45, 7) is 0. The van der Waals surface area contributed by atoms with Crippen LogP contribution in [-0.2, 0) is 0 Å². The second-order valence-corrected chi connectivity index (χ2v) is 7.37. The Morgan fingerprint density at radius 3 is 1.61 bits per heavy atom. The monoisotopic (exact) mass is 446 g/mol. The van der Waals surface area contributed by atoms with Crippen LogP contribution in [0.3, 0.4) is 0 Å². The topological polar surface area (TPSA) is 18.5 Å². The lowest BCUT2D eigenvalue weighted by molar-refractivity contribution is 0.386. The number of ether oxygens (including phenoxy) is 2. The van der Waals surface area contributed by atoms with Crippen LogP contribution in [0.15, 0.2) is 78.9 Å². The second-order valence-electron chi connectivity index (χ2n) is 7.37. The third kappa shape index (κ3) is 4.77. The fourth-order valence-electron chi connectivity index (χ4n) is 3.52. The first kappa shape index (κ1) is 22.2. The summed E-state index contributed by atoms with van der Waals surface area (Å²) in [5, 5.41) is 0. The molecule has 0 aliphatic rings. The van der Waals surface area contributed by atoms with Gasteiger partial charge in [0.05, 0.1) is 14.2 Å². The van der Waals surface area contributed by atoms with Crippen molar-refractivity contribution in [2.75, 3.05) is 14.2 Å².